The summed E-state index contributed by atoms with van der Waals surface area (Å²) in [5.41, 5.74) is 2.32. The van der Waals surface area contributed by atoms with Crippen LogP contribution in [0.15, 0.2) is 36.5 Å². The van der Waals surface area contributed by atoms with Gasteiger partial charge in [0.1, 0.15) is 0 Å². The van der Waals surface area contributed by atoms with Crippen molar-refractivity contribution in [3.63, 3.8) is 0 Å². The van der Waals surface area contributed by atoms with Crippen LogP contribution in [0.5, 0.6) is 0 Å². The zero-order chi connectivity index (χ0) is 17.8. The summed E-state index contributed by atoms with van der Waals surface area (Å²) in [6.45, 7) is -0.0192. The van der Waals surface area contributed by atoms with E-state index in [9.17, 15) is 9.59 Å². The third-order valence-electron chi connectivity index (χ3n) is 4.66. The van der Waals surface area contributed by atoms with Crippen LogP contribution >= 0.6 is 0 Å². The van der Waals surface area contributed by atoms with Crippen molar-refractivity contribution in [2.24, 2.45) is 0 Å². The standard InChI is InChI=1S/C19H24N4O2/c1-22(2)17(24)13-20-19(25)16-12-21-23(15-10-6-7-11-15)18(16)14-8-4-3-5-9-14/h3-5,8-9,12,15H,6-7,10-11,13H2,1-2H3,(H,20,25). The van der Waals surface area contributed by atoms with Crippen molar-refractivity contribution < 1.29 is 9.59 Å². The molecule has 0 radical (unpaired) electrons. The van der Waals surface area contributed by atoms with E-state index in [-0.39, 0.29) is 18.4 Å². The lowest BCUT2D eigenvalue weighted by molar-refractivity contribution is -0.127. The number of hydrogen-bond acceptors (Lipinski definition) is 3. The van der Waals surface area contributed by atoms with Gasteiger partial charge in [0, 0.05) is 19.7 Å². The average molecular weight is 340 g/mol. The van der Waals surface area contributed by atoms with E-state index < -0.39 is 0 Å². The zero-order valence-corrected chi connectivity index (χ0v) is 14.7. The number of benzene rings is 1. The Morgan fingerprint density at radius 1 is 1.20 bits per heavy atom. The molecule has 2 amide bonds. The number of nitrogens with zero attached hydrogens (tertiary/aromatic N) is 3. The SMILES string of the molecule is CN(C)C(=O)CNC(=O)c1cnn(C2CCCC2)c1-c1ccccc1. The Labute approximate surface area is 147 Å². The van der Waals surface area contributed by atoms with Crippen LogP contribution in [0, 0.1) is 0 Å². The van der Waals surface area contributed by atoms with Gasteiger partial charge in [-0.05, 0) is 12.8 Å². The number of aromatic nitrogens is 2. The molecule has 0 saturated heterocycles. The molecule has 1 aromatic carbocycles. The van der Waals surface area contributed by atoms with Crippen molar-refractivity contribution in [3.8, 4) is 11.3 Å². The highest BCUT2D eigenvalue weighted by atomic mass is 16.2. The largest absolute Gasteiger partial charge is 0.347 e. The lowest BCUT2D eigenvalue weighted by Crippen LogP contribution is -2.36. The van der Waals surface area contributed by atoms with Crippen LogP contribution in [0.2, 0.25) is 0 Å². The first kappa shape index (κ1) is 17.2. The number of rotatable bonds is 5. The second-order valence-corrected chi connectivity index (χ2v) is 6.63. The van der Waals surface area contributed by atoms with Gasteiger partial charge in [0.25, 0.3) is 5.91 Å². The fourth-order valence-electron chi connectivity index (χ4n) is 3.25. The van der Waals surface area contributed by atoms with Crippen LogP contribution in [-0.2, 0) is 4.79 Å². The molecule has 1 aliphatic rings. The summed E-state index contributed by atoms with van der Waals surface area (Å²) in [4.78, 5) is 25.9. The van der Waals surface area contributed by atoms with E-state index in [0.29, 0.717) is 11.6 Å². The van der Waals surface area contributed by atoms with Crippen LogP contribution in [-0.4, -0.2) is 47.1 Å². The Morgan fingerprint density at radius 3 is 2.52 bits per heavy atom. The number of amides is 2. The van der Waals surface area contributed by atoms with E-state index in [0.717, 1.165) is 24.1 Å². The minimum atomic E-state index is -0.265. The van der Waals surface area contributed by atoms with E-state index >= 15 is 0 Å². The molecule has 1 saturated carbocycles. The maximum Gasteiger partial charge on any atom is 0.255 e. The summed E-state index contributed by atoms with van der Waals surface area (Å²) >= 11 is 0. The van der Waals surface area contributed by atoms with Gasteiger partial charge in [0.15, 0.2) is 0 Å². The van der Waals surface area contributed by atoms with Gasteiger partial charge in [-0.3, -0.25) is 14.3 Å². The molecule has 3 rings (SSSR count). The third kappa shape index (κ3) is 3.73. The van der Waals surface area contributed by atoms with Crippen molar-refractivity contribution in [1.29, 1.82) is 0 Å². The zero-order valence-electron chi connectivity index (χ0n) is 14.7. The van der Waals surface area contributed by atoms with E-state index in [2.05, 4.69) is 10.4 Å². The lowest BCUT2D eigenvalue weighted by Gasteiger charge is -2.16. The maximum atomic E-state index is 12.7. The predicted octanol–water partition coefficient (Wildman–Crippen LogP) is 2.48. The molecule has 25 heavy (non-hydrogen) atoms. The predicted molar refractivity (Wildman–Crippen MR) is 96.2 cm³/mol. The number of nitrogens with one attached hydrogen (secondary N) is 1. The second-order valence-electron chi connectivity index (χ2n) is 6.63. The summed E-state index contributed by atoms with van der Waals surface area (Å²) < 4.78 is 1.99. The summed E-state index contributed by atoms with van der Waals surface area (Å²) in [5.74, 6) is -0.406. The Kier molecular flexibility index (Phi) is 5.16. The highest BCUT2D eigenvalue weighted by molar-refractivity contribution is 6.01. The fraction of sp³-hybridized carbons (Fsp3) is 0.421. The van der Waals surface area contributed by atoms with Gasteiger partial charge >= 0.3 is 0 Å². The van der Waals surface area contributed by atoms with Crippen molar-refractivity contribution in [1.82, 2.24) is 20.0 Å². The van der Waals surface area contributed by atoms with Crippen LogP contribution in [0.25, 0.3) is 11.3 Å². The molecule has 2 aromatic rings. The summed E-state index contributed by atoms with van der Waals surface area (Å²) in [7, 11) is 3.34. The molecule has 1 N–H and O–H groups in total. The minimum absolute atomic E-state index is 0.0192. The molecule has 0 atom stereocenters. The molecule has 6 heteroatoms. The second kappa shape index (κ2) is 7.51. The topological polar surface area (TPSA) is 67.2 Å². The Bertz CT molecular complexity index is 746. The normalized spacial score (nSPS) is 14.5. The number of carbonyl (C=O) groups is 2. The van der Waals surface area contributed by atoms with Gasteiger partial charge in [0.05, 0.1) is 30.0 Å². The lowest BCUT2D eigenvalue weighted by atomic mass is 10.1. The van der Waals surface area contributed by atoms with E-state index in [4.69, 9.17) is 0 Å². The van der Waals surface area contributed by atoms with Gasteiger partial charge in [-0.2, -0.15) is 5.10 Å². The molecule has 132 valence electrons. The van der Waals surface area contributed by atoms with E-state index in [1.165, 1.54) is 17.7 Å². The monoisotopic (exact) mass is 340 g/mol. The third-order valence-corrected chi connectivity index (χ3v) is 4.66. The highest BCUT2D eigenvalue weighted by Gasteiger charge is 2.25. The van der Waals surface area contributed by atoms with Gasteiger partial charge in [0.2, 0.25) is 5.91 Å². The van der Waals surface area contributed by atoms with Crippen molar-refractivity contribution in [2.75, 3.05) is 20.6 Å². The van der Waals surface area contributed by atoms with Crippen LogP contribution in [0.3, 0.4) is 0 Å². The fourth-order valence-corrected chi connectivity index (χ4v) is 3.25. The Hall–Kier alpha value is -2.63. The molecular formula is C19H24N4O2. The molecule has 0 bridgehead atoms. The summed E-state index contributed by atoms with van der Waals surface area (Å²) in [6, 6.07) is 10.2. The number of likely N-dealkylation sites (N-methyl/N-ethyl adjacent to an activating group) is 1. The molecule has 0 spiro atoms. The molecule has 0 aliphatic heterocycles. The van der Waals surface area contributed by atoms with E-state index in [1.807, 2.05) is 35.0 Å². The van der Waals surface area contributed by atoms with Gasteiger partial charge in [-0.1, -0.05) is 43.2 Å². The maximum absolute atomic E-state index is 12.7. The van der Waals surface area contributed by atoms with Crippen molar-refractivity contribution in [2.45, 2.75) is 31.7 Å². The molecule has 1 aromatic heterocycles. The molecule has 1 heterocycles. The van der Waals surface area contributed by atoms with Gasteiger partial charge < -0.3 is 10.2 Å². The van der Waals surface area contributed by atoms with E-state index in [1.54, 1.807) is 20.3 Å². The number of carbonyl (C=O) groups excluding carboxylic acids is 2. The summed E-state index contributed by atoms with van der Waals surface area (Å²) in [5, 5.41) is 7.23. The molecule has 1 fully saturated rings. The van der Waals surface area contributed by atoms with Crippen molar-refractivity contribution in [3.05, 3.63) is 42.1 Å². The minimum Gasteiger partial charge on any atom is -0.347 e. The van der Waals surface area contributed by atoms with Crippen LogP contribution in [0.4, 0.5) is 0 Å². The van der Waals surface area contributed by atoms with Gasteiger partial charge in [-0.15, -0.1) is 0 Å². The Morgan fingerprint density at radius 2 is 1.88 bits per heavy atom. The Balaban J connectivity index is 1.91. The quantitative estimate of drug-likeness (QED) is 0.909. The summed E-state index contributed by atoms with van der Waals surface area (Å²) in [6.07, 6.45) is 6.18. The molecule has 1 aliphatic carbocycles. The van der Waals surface area contributed by atoms with Crippen molar-refractivity contribution >= 4 is 11.8 Å². The van der Waals surface area contributed by atoms with Gasteiger partial charge in [-0.25, -0.2) is 0 Å². The first-order chi connectivity index (χ1) is 12.1. The smallest absolute Gasteiger partial charge is 0.255 e. The molecule has 6 nitrogen and oxygen atoms in total. The molecular weight excluding hydrogens is 316 g/mol. The number of hydrogen-bond donors (Lipinski definition) is 1. The van der Waals surface area contributed by atoms with Crippen LogP contribution < -0.4 is 5.32 Å². The molecule has 0 unspecified atom stereocenters. The first-order valence-electron chi connectivity index (χ1n) is 8.69. The highest BCUT2D eigenvalue weighted by Crippen LogP contribution is 2.34. The first-order valence-corrected chi connectivity index (χ1v) is 8.69. The van der Waals surface area contributed by atoms with Crippen LogP contribution in [0.1, 0.15) is 42.1 Å². The average Bonchev–Trinajstić information content (AvgIpc) is 3.28.